The predicted octanol–water partition coefficient (Wildman–Crippen LogP) is 2.70. The fourth-order valence-corrected chi connectivity index (χ4v) is 2.52. The second-order valence-corrected chi connectivity index (χ2v) is 5.30. The molecule has 1 aliphatic carbocycles. The van der Waals surface area contributed by atoms with Gasteiger partial charge in [-0.15, -0.1) is 0 Å². The average molecular weight is 266 g/mol. The van der Waals surface area contributed by atoms with Gasteiger partial charge in [-0.05, 0) is 36.1 Å². The first kappa shape index (κ1) is 9.40. The monoisotopic (exact) mass is 265 g/mol. The zero-order valence-corrected chi connectivity index (χ0v) is 9.96. The lowest BCUT2D eigenvalue weighted by molar-refractivity contribution is -0.133. The number of nitrogens with zero attached hydrogens (tertiary/aromatic N) is 1. The first-order valence-electron chi connectivity index (χ1n) is 5.30. The van der Waals surface area contributed by atoms with Gasteiger partial charge in [-0.1, -0.05) is 22.0 Å². The average Bonchev–Trinajstić information content (AvgIpc) is 2.97. The number of carbonyl (C=O) groups is 1. The molecular formula is C12H12BrNO. The number of hydrogen-bond acceptors (Lipinski definition) is 1. The molecule has 15 heavy (non-hydrogen) atoms. The van der Waals surface area contributed by atoms with Crippen molar-refractivity contribution < 1.29 is 4.79 Å². The Bertz CT molecular complexity index is 426. The van der Waals surface area contributed by atoms with Crippen LogP contribution in [-0.2, 0) is 17.9 Å². The van der Waals surface area contributed by atoms with Gasteiger partial charge >= 0.3 is 0 Å². The molecular weight excluding hydrogens is 254 g/mol. The molecule has 1 aromatic rings. The summed E-state index contributed by atoms with van der Waals surface area (Å²) in [6.07, 6.45) is 2.19. The van der Waals surface area contributed by atoms with E-state index in [0.29, 0.717) is 11.8 Å². The molecule has 1 saturated carbocycles. The van der Waals surface area contributed by atoms with E-state index in [9.17, 15) is 4.79 Å². The van der Waals surface area contributed by atoms with Gasteiger partial charge in [0.05, 0.1) is 0 Å². The van der Waals surface area contributed by atoms with Gasteiger partial charge in [0, 0.05) is 23.5 Å². The Morgan fingerprint density at radius 3 is 2.73 bits per heavy atom. The van der Waals surface area contributed by atoms with Crippen molar-refractivity contribution in [1.29, 1.82) is 0 Å². The Morgan fingerprint density at radius 2 is 2.00 bits per heavy atom. The Balaban J connectivity index is 1.82. The van der Waals surface area contributed by atoms with Crippen LogP contribution in [0.1, 0.15) is 24.0 Å². The van der Waals surface area contributed by atoms with Crippen LogP contribution in [0.2, 0.25) is 0 Å². The molecule has 0 saturated heterocycles. The third-order valence-corrected chi connectivity index (χ3v) is 3.62. The van der Waals surface area contributed by atoms with Crippen LogP contribution in [0.4, 0.5) is 0 Å². The van der Waals surface area contributed by atoms with Crippen LogP contribution in [0.25, 0.3) is 0 Å². The van der Waals surface area contributed by atoms with Crippen molar-refractivity contribution in [2.45, 2.75) is 25.9 Å². The van der Waals surface area contributed by atoms with Crippen molar-refractivity contribution in [1.82, 2.24) is 4.90 Å². The molecule has 0 atom stereocenters. The van der Waals surface area contributed by atoms with Crippen LogP contribution in [-0.4, -0.2) is 10.8 Å². The van der Waals surface area contributed by atoms with E-state index in [4.69, 9.17) is 0 Å². The Hall–Kier alpha value is -0.830. The van der Waals surface area contributed by atoms with Crippen molar-refractivity contribution in [3.05, 3.63) is 33.8 Å². The van der Waals surface area contributed by atoms with Crippen molar-refractivity contribution in [3.8, 4) is 0 Å². The molecule has 1 aromatic carbocycles. The molecule has 0 unspecified atom stereocenters. The molecule has 1 aliphatic heterocycles. The Labute approximate surface area is 97.4 Å². The van der Waals surface area contributed by atoms with E-state index in [1.54, 1.807) is 0 Å². The fraction of sp³-hybridized carbons (Fsp3) is 0.417. The van der Waals surface area contributed by atoms with Crippen LogP contribution in [0, 0.1) is 5.92 Å². The van der Waals surface area contributed by atoms with Crippen LogP contribution >= 0.6 is 15.9 Å². The summed E-state index contributed by atoms with van der Waals surface area (Å²) in [7, 11) is 0. The minimum atomic E-state index is 0.336. The van der Waals surface area contributed by atoms with Crippen molar-refractivity contribution in [2.24, 2.45) is 5.92 Å². The summed E-state index contributed by atoms with van der Waals surface area (Å²) in [6, 6.07) is 6.28. The van der Waals surface area contributed by atoms with E-state index >= 15 is 0 Å². The zero-order valence-electron chi connectivity index (χ0n) is 8.37. The molecule has 0 bridgehead atoms. The number of hydrogen-bond donors (Lipinski definition) is 0. The number of benzene rings is 1. The highest BCUT2D eigenvalue weighted by Crippen LogP contribution is 2.34. The minimum absolute atomic E-state index is 0.336. The number of fused-ring (bicyclic) bond motifs is 1. The van der Waals surface area contributed by atoms with Gasteiger partial charge in [-0.3, -0.25) is 4.79 Å². The first-order valence-corrected chi connectivity index (χ1v) is 6.09. The second kappa shape index (κ2) is 3.34. The lowest BCUT2D eigenvalue weighted by atomic mass is 10.1. The molecule has 0 N–H and O–H groups in total. The molecule has 3 rings (SSSR count). The van der Waals surface area contributed by atoms with E-state index in [1.807, 2.05) is 11.0 Å². The number of halogens is 1. The van der Waals surface area contributed by atoms with E-state index in [-0.39, 0.29) is 0 Å². The lowest BCUT2D eigenvalue weighted by Crippen LogP contribution is -2.26. The van der Waals surface area contributed by atoms with E-state index < -0.39 is 0 Å². The summed E-state index contributed by atoms with van der Waals surface area (Å²) in [5.74, 6) is 0.685. The van der Waals surface area contributed by atoms with Crippen molar-refractivity contribution >= 4 is 21.8 Å². The van der Waals surface area contributed by atoms with Crippen LogP contribution in [0.15, 0.2) is 22.7 Å². The maximum absolute atomic E-state index is 11.9. The topological polar surface area (TPSA) is 20.3 Å². The summed E-state index contributed by atoms with van der Waals surface area (Å²) in [5.41, 5.74) is 2.59. The summed E-state index contributed by atoms with van der Waals surface area (Å²) < 4.78 is 1.10. The first-order chi connectivity index (χ1) is 7.24. The second-order valence-electron chi connectivity index (χ2n) is 4.38. The SMILES string of the molecule is O=C(C1CC1)N1Cc2ccc(Br)cc2C1. The summed E-state index contributed by atoms with van der Waals surface area (Å²) in [6.45, 7) is 1.60. The maximum atomic E-state index is 11.9. The standard InChI is InChI=1S/C12H12BrNO/c13-11-4-3-9-6-14(7-10(9)5-11)12(15)8-1-2-8/h3-5,8H,1-2,6-7H2. The number of amides is 1. The van der Waals surface area contributed by atoms with Crippen LogP contribution in [0.5, 0.6) is 0 Å². The molecule has 2 nitrogen and oxygen atoms in total. The highest BCUT2D eigenvalue weighted by Gasteiger charge is 2.35. The summed E-state index contributed by atoms with van der Waals surface area (Å²) >= 11 is 3.46. The molecule has 1 heterocycles. The van der Waals surface area contributed by atoms with E-state index in [2.05, 4.69) is 28.1 Å². The maximum Gasteiger partial charge on any atom is 0.226 e. The zero-order chi connectivity index (χ0) is 10.4. The highest BCUT2D eigenvalue weighted by molar-refractivity contribution is 9.10. The van der Waals surface area contributed by atoms with Gasteiger partial charge < -0.3 is 4.90 Å². The van der Waals surface area contributed by atoms with Gasteiger partial charge in [0.2, 0.25) is 5.91 Å². The van der Waals surface area contributed by atoms with Crippen LogP contribution in [0.3, 0.4) is 0 Å². The summed E-state index contributed by atoms with van der Waals surface area (Å²) in [5, 5.41) is 0. The quantitative estimate of drug-likeness (QED) is 0.765. The summed E-state index contributed by atoms with van der Waals surface area (Å²) in [4.78, 5) is 13.9. The molecule has 3 heteroatoms. The lowest BCUT2D eigenvalue weighted by Gasteiger charge is -2.14. The number of rotatable bonds is 1. The van der Waals surface area contributed by atoms with Crippen molar-refractivity contribution in [3.63, 3.8) is 0 Å². The third kappa shape index (κ3) is 1.69. The van der Waals surface area contributed by atoms with Gasteiger partial charge in [0.1, 0.15) is 0 Å². The van der Waals surface area contributed by atoms with Crippen LogP contribution < -0.4 is 0 Å². The Kier molecular flexibility index (Phi) is 2.09. The third-order valence-electron chi connectivity index (χ3n) is 3.13. The van der Waals surface area contributed by atoms with Gasteiger partial charge in [-0.2, -0.15) is 0 Å². The molecule has 0 spiro atoms. The van der Waals surface area contributed by atoms with E-state index in [0.717, 1.165) is 30.4 Å². The molecule has 2 aliphatic rings. The van der Waals surface area contributed by atoms with E-state index in [1.165, 1.54) is 11.1 Å². The van der Waals surface area contributed by atoms with Gasteiger partial charge in [0.25, 0.3) is 0 Å². The highest BCUT2D eigenvalue weighted by atomic mass is 79.9. The molecule has 1 amide bonds. The number of carbonyl (C=O) groups excluding carboxylic acids is 1. The molecule has 0 aromatic heterocycles. The molecule has 1 fully saturated rings. The fourth-order valence-electron chi connectivity index (χ4n) is 2.11. The normalized spacial score (nSPS) is 19.1. The largest absolute Gasteiger partial charge is 0.334 e. The van der Waals surface area contributed by atoms with Gasteiger partial charge in [-0.25, -0.2) is 0 Å². The Morgan fingerprint density at radius 1 is 1.27 bits per heavy atom. The molecule has 0 radical (unpaired) electrons. The molecule has 78 valence electrons. The minimum Gasteiger partial charge on any atom is -0.334 e. The smallest absolute Gasteiger partial charge is 0.226 e. The predicted molar refractivity (Wildman–Crippen MR) is 61.1 cm³/mol. The van der Waals surface area contributed by atoms with Crippen molar-refractivity contribution in [2.75, 3.05) is 0 Å². The van der Waals surface area contributed by atoms with Gasteiger partial charge in [0.15, 0.2) is 0 Å².